The molecule has 0 aromatic heterocycles. The average Bonchev–Trinajstić information content (AvgIpc) is 1.98. The summed E-state index contributed by atoms with van der Waals surface area (Å²) in [4.78, 5) is 13.2. The minimum atomic E-state index is -0.282. The van der Waals surface area contributed by atoms with E-state index in [1.54, 1.807) is 16.7 Å². The van der Waals surface area contributed by atoms with E-state index in [9.17, 15) is 4.79 Å². The van der Waals surface area contributed by atoms with Crippen molar-refractivity contribution in [2.24, 2.45) is 5.92 Å². The van der Waals surface area contributed by atoms with Crippen LogP contribution in [0.1, 0.15) is 6.92 Å². The molecule has 1 atom stereocenters. The Hall–Kier alpha value is -0.220. The van der Waals surface area contributed by atoms with Crippen LogP contribution in [0.25, 0.3) is 0 Å². The second-order valence-corrected chi connectivity index (χ2v) is 4.16. The fourth-order valence-electron chi connectivity index (χ4n) is 1.27. The molecule has 0 aliphatic carbocycles. The molecule has 0 radical (unpaired) electrons. The minimum absolute atomic E-state index is 0.0903. The molecular weight excluding hydrogens is 174 g/mol. The van der Waals surface area contributed by atoms with Gasteiger partial charge in [-0.05, 0) is 6.26 Å². The molecule has 1 aliphatic heterocycles. The molecule has 4 heteroatoms. The van der Waals surface area contributed by atoms with E-state index in [0.29, 0.717) is 13.1 Å². The third kappa shape index (κ3) is 2.14. The number of carbonyl (C=O) groups excluding carboxylic acids is 1. The molecule has 0 bridgehead atoms. The molecular formula is C8H15NO2S. The fourth-order valence-corrected chi connectivity index (χ4v) is 1.91. The molecule has 1 N–H and O–H groups in total. The first-order chi connectivity index (χ1) is 5.65. The molecule has 0 spiro atoms. The SMILES string of the molecule is CSCC(C)C(=O)N1CC(O)C1. The van der Waals surface area contributed by atoms with Gasteiger partial charge in [-0.2, -0.15) is 11.8 Å². The molecule has 1 rings (SSSR count). The number of hydrogen-bond acceptors (Lipinski definition) is 3. The molecule has 0 saturated carbocycles. The summed E-state index contributed by atoms with van der Waals surface area (Å²) >= 11 is 1.68. The zero-order chi connectivity index (χ0) is 9.14. The van der Waals surface area contributed by atoms with Gasteiger partial charge in [0.2, 0.25) is 5.91 Å². The number of aliphatic hydroxyl groups excluding tert-OH is 1. The Bertz CT molecular complexity index is 162. The van der Waals surface area contributed by atoms with Crippen molar-refractivity contribution in [3.05, 3.63) is 0 Å². The van der Waals surface area contributed by atoms with Gasteiger partial charge in [-0.1, -0.05) is 6.92 Å². The van der Waals surface area contributed by atoms with Gasteiger partial charge in [-0.15, -0.1) is 0 Å². The Kier molecular flexibility index (Phi) is 3.40. The second-order valence-electron chi connectivity index (χ2n) is 3.25. The fraction of sp³-hybridized carbons (Fsp3) is 0.875. The second kappa shape index (κ2) is 4.14. The monoisotopic (exact) mass is 189 g/mol. The first-order valence-electron chi connectivity index (χ1n) is 4.11. The van der Waals surface area contributed by atoms with Crippen molar-refractivity contribution in [1.82, 2.24) is 4.90 Å². The van der Waals surface area contributed by atoms with Crippen LogP contribution in [-0.2, 0) is 4.79 Å². The summed E-state index contributed by atoms with van der Waals surface area (Å²) in [5, 5.41) is 8.98. The molecule has 0 aromatic carbocycles. The zero-order valence-electron chi connectivity index (χ0n) is 7.49. The number of nitrogens with zero attached hydrogens (tertiary/aromatic N) is 1. The smallest absolute Gasteiger partial charge is 0.226 e. The topological polar surface area (TPSA) is 40.5 Å². The molecule has 0 aromatic rings. The molecule has 3 nitrogen and oxygen atoms in total. The molecule has 1 amide bonds. The summed E-state index contributed by atoms with van der Waals surface area (Å²) in [6.45, 7) is 2.98. The highest BCUT2D eigenvalue weighted by Gasteiger charge is 2.30. The molecule has 1 unspecified atom stereocenters. The lowest BCUT2D eigenvalue weighted by Gasteiger charge is -2.37. The molecule has 1 heterocycles. The number of likely N-dealkylation sites (tertiary alicyclic amines) is 1. The Morgan fingerprint density at radius 3 is 2.75 bits per heavy atom. The van der Waals surface area contributed by atoms with Gasteiger partial charge in [0.1, 0.15) is 0 Å². The zero-order valence-corrected chi connectivity index (χ0v) is 8.30. The number of aliphatic hydroxyl groups is 1. The number of hydrogen-bond donors (Lipinski definition) is 1. The van der Waals surface area contributed by atoms with Crippen molar-refractivity contribution < 1.29 is 9.90 Å². The molecule has 70 valence electrons. The number of rotatable bonds is 3. The van der Waals surface area contributed by atoms with Gasteiger partial charge >= 0.3 is 0 Å². The summed E-state index contributed by atoms with van der Waals surface area (Å²) in [6.07, 6.45) is 1.71. The van der Waals surface area contributed by atoms with Crippen LogP contribution in [0.3, 0.4) is 0 Å². The maximum absolute atomic E-state index is 11.5. The highest BCUT2D eigenvalue weighted by Crippen LogP contribution is 2.14. The highest BCUT2D eigenvalue weighted by atomic mass is 32.2. The van der Waals surface area contributed by atoms with E-state index in [1.807, 2.05) is 13.2 Å². The lowest BCUT2D eigenvalue weighted by Crippen LogP contribution is -2.55. The summed E-state index contributed by atoms with van der Waals surface area (Å²) in [5.74, 6) is 1.13. The van der Waals surface area contributed by atoms with Gasteiger partial charge in [0.15, 0.2) is 0 Å². The van der Waals surface area contributed by atoms with Crippen molar-refractivity contribution in [2.45, 2.75) is 13.0 Å². The largest absolute Gasteiger partial charge is 0.389 e. The van der Waals surface area contributed by atoms with Crippen molar-refractivity contribution >= 4 is 17.7 Å². The Morgan fingerprint density at radius 2 is 2.33 bits per heavy atom. The predicted octanol–water partition coefficient (Wildman–Crippen LogP) is 0.189. The van der Waals surface area contributed by atoms with Crippen LogP contribution in [0, 0.1) is 5.92 Å². The van der Waals surface area contributed by atoms with Gasteiger partial charge in [-0.25, -0.2) is 0 Å². The van der Waals surface area contributed by atoms with E-state index >= 15 is 0 Å². The van der Waals surface area contributed by atoms with Gasteiger partial charge in [0.25, 0.3) is 0 Å². The lowest BCUT2D eigenvalue weighted by molar-refractivity contribution is -0.144. The normalized spacial score (nSPS) is 20.4. The van der Waals surface area contributed by atoms with Gasteiger partial charge in [-0.3, -0.25) is 4.79 Å². The maximum Gasteiger partial charge on any atom is 0.226 e. The summed E-state index contributed by atoms with van der Waals surface area (Å²) < 4.78 is 0. The third-order valence-electron chi connectivity index (χ3n) is 2.01. The van der Waals surface area contributed by atoms with Crippen LogP contribution in [0.5, 0.6) is 0 Å². The van der Waals surface area contributed by atoms with Crippen molar-refractivity contribution in [2.75, 3.05) is 25.1 Å². The van der Waals surface area contributed by atoms with Gasteiger partial charge in [0.05, 0.1) is 6.10 Å². The van der Waals surface area contributed by atoms with Crippen LogP contribution in [0.2, 0.25) is 0 Å². The summed E-state index contributed by atoms with van der Waals surface area (Å²) in [6, 6.07) is 0. The summed E-state index contributed by atoms with van der Waals surface area (Å²) in [5.41, 5.74) is 0. The van der Waals surface area contributed by atoms with Crippen LogP contribution >= 0.6 is 11.8 Å². The number of β-amino-alcohol motifs (C(OH)–C–C–N with tert-alkyl or cyclic N) is 1. The highest BCUT2D eigenvalue weighted by molar-refractivity contribution is 7.98. The van der Waals surface area contributed by atoms with E-state index < -0.39 is 0 Å². The Balaban J connectivity index is 2.28. The molecule has 1 aliphatic rings. The predicted molar refractivity (Wildman–Crippen MR) is 50.1 cm³/mol. The Morgan fingerprint density at radius 1 is 1.75 bits per heavy atom. The summed E-state index contributed by atoms with van der Waals surface area (Å²) in [7, 11) is 0. The van der Waals surface area contributed by atoms with Crippen LogP contribution in [0.4, 0.5) is 0 Å². The van der Waals surface area contributed by atoms with Gasteiger partial charge < -0.3 is 10.0 Å². The lowest BCUT2D eigenvalue weighted by atomic mass is 10.1. The van der Waals surface area contributed by atoms with E-state index in [-0.39, 0.29) is 17.9 Å². The maximum atomic E-state index is 11.5. The van der Waals surface area contributed by atoms with E-state index in [1.165, 1.54) is 0 Å². The first-order valence-corrected chi connectivity index (χ1v) is 5.50. The molecule has 12 heavy (non-hydrogen) atoms. The van der Waals surface area contributed by atoms with Crippen molar-refractivity contribution in [1.29, 1.82) is 0 Å². The van der Waals surface area contributed by atoms with Crippen LogP contribution < -0.4 is 0 Å². The minimum Gasteiger partial charge on any atom is -0.389 e. The molecule has 1 saturated heterocycles. The van der Waals surface area contributed by atoms with Crippen LogP contribution in [0.15, 0.2) is 0 Å². The quantitative estimate of drug-likeness (QED) is 0.689. The van der Waals surface area contributed by atoms with Crippen molar-refractivity contribution in [3.8, 4) is 0 Å². The van der Waals surface area contributed by atoms with E-state index in [0.717, 1.165) is 5.75 Å². The number of thioether (sulfide) groups is 1. The van der Waals surface area contributed by atoms with E-state index in [2.05, 4.69) is 0 Å². The molecule has 1 fully saturated rings. The Labute approximate surface area is 77.1 Å². The van der Waals surface area contributed by atoms with E-state index in [4.69, 9.17) is 5.11 Å². The first kappa shape index (κ1) is 9.86. The average molecular weight is 189 g/mol. The van der Waals surface area contributed by atoms with Crippen LogP contribution in [-0.4, -0.2) is 47.1 Å². The van der Waals surface area contributed by atoms with Gasteiger partial charge in [0, 0.05) is 24.8 Å². The standard InChI is InChI=1S/C8H15NO2S/c1-6(5-12-2)8(11)9-3-7(10)4-9/h6-7,10H,3-5H2,1-2H3. The van der Waals surface area contributed by atoms with Crippen molar-refractivity contribution in [3.63, 3.8) is 0 Å². The number of amides is 1. The third-order valence-corrected chi connectivity index (χ3v) is 2.85. The number of carbonyl (C=O) groups is 1.